The molecule has 0 aliphatic rings. The first-order valence-electron chi connectivity index (χ1n) is 3.86. The number of alkyl halides is 3. The zero-order chi connectivity index (χ0) is 10.3. The van der Waals surface area contributed by atoms with Gasteiger partial charge in [-0.2, -0.15) is 13.2 Å². The Hall–Kier alpha value is -1.65. The summed E-state index contributed by atoms with van der Waals surface area (Å²) in [4.78, 5) is 2.19. The van der Waals surface area contributed by atoms with Crippen molar-refractivity contribution in [1.29, 1.82) is 0 Å². The lowest BCUT2D eigenvalue weighted by atomic mass is 10.2. The summed E-state index contributed by atoms with van der Waals surface area (Å²) in [5.41, 5.74) is -0.532. The van der Waals surface area contributed by atoms with Crippen molar-refractivity contribution in [2.45, 2.75) is 6.18 Å². The lowest BCUT2D eigenvalue weighted by Crippen LogP contribution is -2.04. The van der Waals surface area contributed by atoms with Gasteiger partial charge in [-0.3, -0.25) is 0 Å². The minimum absolute atomic E-state index is 0.0620. The van der Waals surface area contributed by atoms with Crippen LogP contribution in [0.25, 0.3) is 10.9 Å². The molecule has 1 heterocycles. The van der Waals surface area contributed by atoms with Crippen molar-refractivity contribution in [3.8, 4) is 5.75 Å². The highest BCUT2D eigenvalue weighted by Gasteiger charge is 2.32. The van der Waals surface area contributed by atoms with Crippen LogP contribution in [-0.2, 0) is 6.18 Å². The minimum atomic E-state index is -4.38. The van der Waals surface area contributed by atoms with Gasteiger partial charge < -0.3 is 10.1 Å². The van der Waals surface area contributed by atoms with Crippen LogP contribution in [0.3, 0.4) is 0 Å². The van der Waals surface area contributed by atoms with Crippen molar-refractivity contribution >= 4 is 10.9 Å². The highest BCUT2D eigenvalue weighted by molar-refractivity contribution is 5.81. The van der Waals surface area contributed by atoms with Gasteiger partial charge in [0, 0.05) is 17.0 Å². The SMILES string of the molecule is Oc1ccc2cc(C(F)(F)F)[nH]c2c1. The number of hydrogen-bond donors (Lipinski definition) is 2. The Balaban J connectivity index is 2.63. The normalized spacial score (nSPS) is 12.2. The minimum Gasteiger partial charge on any atom is -0.508 e. The maximum Gasteiger partial charge on any atom is 0.431 e. The summed E-state index contributed by atoms with van der Waals surface area (Å²) in [6, 6.07) is 5.03. The molecule has 74 valence electrons. The van der Waals surface area contributed by atoms with Gasteiger partial charge in [0.05, 0.1) is 0 Å². The molecule has 14 heavy (non-hydrogen) atoms. The van der Waals surface area contributed by atoms with Gasteiger partial charge in [0.25, 0.3) is 0 Å². The molecule has 0 spiro atoms. The van der Waals surface area contributed by atoms with Gasteiger partial charge in [-0.05, 0) is 18.2 Å². The summed E-state index contributed by atoms with van der Waals surface area (Å²) >= 11 is 0. The molecule has 2 rings (SSSR count). The number of phenolic OH excluding ortho intramolecular Hbond substituents is 1. The van der Waals surface area contributed by atoms with E-state index in [-0.39, 0.29) is 11.3 Å². The van der Waals surface area contributed by atoms with E-state index < -0.39 is 11.9 Å². The Bertz CT molecular complexity index is 472. The first kappa shape index (κ1) is 8.93. The number of hydrogen-bond acceptors (Lipinski definition) is 1. The number of aromatic hydroxyl groups is 1. The maximum absolute atomic E-state index is 12.2. The Morgan fingerprint density at radius 1 is 1.14 bits per heavy atom. The first-order valence-corrected chi connectivity index (χ1v) is 3.86. The van der Waals surface area contributed by atoms with Gasteiger partial charge in [-0.25, -0.2) is 0 Å². The second kappa shape index (κ2) is 2.67. The van der Waals surface area contributed by atoms with E-state index in [4.69, 9.17) is 5.11 Å². The van der Waals surface area contributed by atoms with E-state index in [2.05, 4.69) is 4.98 Å². The fourth-order valence-electron chi connectivity index (χ4n) is 1.27. The molecule has 0 saturated carbocycles. The summed E-state index contributed by atoms with van der Waals surface area (Å²) in [5.74, 6) is -0.0620. The number of nitrogens with one attached hydrogen (secondary N) is 1. The van der Waals surface area contributed by atoms with Crippen LogP contribution in [0.2, 0.25) is 0 Å². The van der Waals surface area contributed by atoms with E-state index in [9.17, 15) is 13.2 Å². The molecule has 5 heteroatoms. The number of aromatic nitrogens is 1. The number of halogens is 3. The molecule has 0 radical (unpaired) electrons. The van der Waals surface area contributed by atoms with Gasteiger partial charge in [-0.1, -0.05) is 0 Å². The molecule has 0 aliphatic carbocycles. The number of phenols is 1. The number of fused-ring (bicyclic) bond motifs is 1. The Morgan fingerprint density at radius 2 is 1.86 bits per heavy atom. The van der Waals surface area contributed by atoms with Gasteiger partial charge in [0.2, 0.25) is 0 Å². The number of aromatic amines is 1. The van der Waals surface area contributed by atoms with E-state index in [1.54, 1.807) is 0 Å². The van der Waals surface area contributed by atoms with Crippen LogP contribution in [-0.4, -0.2) is 10.1 Å². The quantitative estimate of drug-likeness (QED) is 0.675. The lowest BCUT2D eigenvalue weighted by Gasteiger charge is -2.00. The Kier molecular flexibility index (Phi) is 1.70. The van der Waals surface area contributed by atoms with Crippen LogP contribution in [0.5, 0.6) is 5.75 Å². The average molecular weight is 201 g/mol. The second-order valence-corrected chi connectivity index (χ2v) is 2.95. The highest BCUT2D eigenvalue weighted by atomic mass is 19.4. The second-order valence-electron chi connectivity index (χ2n) is 2.95. The van der Waals surface area contributed by atoms with Crippen molar-refractivity contribution in [2.24, 2.45) is 0 Å². The van der Waals surface area contributed by atoms with E-state index in [1.807, 2.05) is 0 Å². The standard InChI is InChI=1S/C9H6F3NO/c10-9(11,12)8-3-5-1-2-6(14)4-7(5)13-8/h1-4,13-14H. The van der Waals surface area contributed by atoms with Crippen LogP contribution in [0, 0.1) is 0 Å². The maximum atomic E-state index is 12.2. The molecule has 1 aromatic carbocycles. The van der Waals surface area contributed by atoms with E-state index in [1.165, 1.54) is 18.2 Å². The Morgan fingerprint density at radius 3 is 2.50 bits per heavy atom. The number of benzene rings is 1. The van der Waals surface area contributed by atoms with Crippen LogP contribution < -0.4 is 0 Å². The molecule has 2 N–H and O–H groups in total. The van der Waals surface area contributed by atoms with Crippen molar-refractivity contribution in [1.82, 2.24) is 4.98 Å². The van der Waals surface area contributed by atoms with Crippen LogP contribution in [0.4, 0.5) is 13.2 Å². The van der Waals surface area contributed by atoms with E-state index in [0.717, 1.165) is 6.07 Å². The molecular formula is C9H6F3NO. The number of rotatable bonds is 0. The van der Waals surface area contributed by atoms with Gasteiger partial charge in [0.15, 0.2) is 0 Å². The first-order chi connectivity index (χ1) is 6.47. The lowest BCUT2D eigenvalue weighted by molar-refractivity contribution is -0.140. The monoisotopic (exact) mass is 201 g/mol. The third-order valence-electron chi connectivity index (χ3n) is 1.91. The summed E-state index contributed by atoms with van der Waals surface area (Å²) in [7, 11) is 0. The molecule has 0 unspecified atom stereocenters. The van der Waals surface area contributed by atoms with Crippen LogP contribution in [0.15, 0.2) is 24.3 Å². The summed E-state index contributed by atoms with van der Waals surface area (Å²) in [5, 5.41) is 9.47. The molecule has 1 aromatic heterocycles. The zero-order valence-electron chi connectivity index (χ0n) is 6.89. The largest absolute Gasteiger partial charge is 0.508 e. The predicted molar refractivity (Wildman–Crippen MR) is 45.0 cm³/mol. The molecule has 0 fully saturated rings. The van der Waals surface area contributed by atoms with Crippen molar-refractivity contribution in [2.75, 3.05) is 0 Å². The predicted octanol–water partition coefficient (Wildman–Crippen LogP) is 2.89. The molecule has 0 amide bonds. The fraction of sp³-hybridized carbons (Fsp3) is 0.111. The van der Waals surface area contributed by atoms with Crippen molar-refractivity contribution in [3.63, 3.8) is 0 Å². The average Bonchev–Trinajstić information content (AvgIpc) is 2.45. The van der Waals surface area contributed by atoms with E-state index >= 15 is 0 Å². The topological polar surface area (TPSA) is 36.0 Å². The van der Waals surface area contributed by atoms with Gasteiger partial charge in [-0.15, -0.1) is 0 Å². The van der Waals surface area contributed by atoms with Crippen LogP contribution in [0.1, 0.15) is 5.69 Å². The molecule has 0 bridgehead atoms. The molecule has 0 aliphatic heterocycles. The summed E-state index contributed by atoms with van der Waals surface area (Å²) in [6.07, 6.45) is -4.38. The third-order valence-corrected chi connectivity index (χ3v) is 1.91. The van der Waals surface area contributed by atoms with E-state index in [0.29, 0.717) is 5.39 Å². The zero-order valence-corrected chi connectivity index (χ0v) is 6.89. The molecular weight excluding hydrogens is 195 g/mol. The van der Waals surface area contributed by atoms with Gasteiger partial charge in [0.1, 0.15) is 11.4 Å². The summed E-state index contributed by atoms with van der Waals surface area (Å²) < 4.78 is 36.7. The fourth-order valence-corrected chi connectivity index (χ4v) is 1.27. The molecule has 2 aromatic rings. The Labute approximate surface area is 77.0 Å². The van der Waals surface area contributed by atoms with Crippen molar-refractivity contribution in [3.05, 3.63) is 30.0 Å². The smallest absolute Gasteiger partial charge is 0.431 e. The van der Waals surface area contributed by atoms with Gasteiger partial charge >= 0.3 is 6.18 Å². The van der Waals surface area contributed by atoms with Crippen LogP contribution >= 0.6 is 0 Å². The molecule has 2 nitrogen and oxygen atoms in total. The third kappa shape index (κ3) is 1.41. The van der Waals surface area contributed by atoms with Crippen molar-refractivity contribution < 1.29 is 18.3 Å². The molecule has 0 saturated heterocycles. The molecule has 0 atom stereocenters. The number of H-pyrrole nitrogens is 1. The summed E-state index contributed by atoms with van der Waals surface area (Å²) in [6.45, 7) is 0. The highest BCUT2D eigenvalue weighted by Crippen LogP contribution is 2.31.